The fraction of sp³-hybridized carbons (Fsp3) is 0.625. The van der Waals surface area contributed by atoms with Gasteiger partial charge in [-0.25, -0.2) is 0 Å². The first-order valence-electron chi connectivity index (χ1n) is 6.98. The molecule has 18 heavy (non-hydrogen) atoms. The SMILES string of the molecule is CCCC(CCC)C(Br)Cc1ccccc1OC. The summed E-state index contributed by atoms with van der Waals surface area (Å²) >= 11 is 3.89. The Morgan fingerprint density at radius 3 is 2.28 bits per heavy atom. The van der Waals surface area contributed by atoms with Crippen molar-refractivity contribution >= 4 is 15.9 Å². The molecule has 0 aliphatic rings. The van der Waals surface area contributed by atoms with Crippen molar-refractivity contribution in [2.75, 3.05) is 7.11 Å². The molecule has 1 atom stereocenters. The van der Waals surface area contributed by atoms with Crippen LogP contribution >= 0.6 is 15.9 Å². The highest BCUT2D eigenvalue weighted by molar-refractivity contribution is 9.09. The molecule has 0 saturated heterocycles. The molecule has 0 aliphatic carbocycles. The molecule has 102 valence electrons. The number of alkyl halides is 1. The van der Waals surface area contributed by atoms with E-state index in [0.29, 0.717) is 4.83 Å². The Balaban J connectivity index is 2.68. The van der Waals surface area contributed by atoms with Gasteiger partial charge in [0.05, 0.1) is 7.11 Å². The summed E-state index contributed by atoms with van der Waals surface area (Å²) in [6, 6.07) is 8.33. The minimum Gasteiger partial charge on any atom is -0.496 e. The van der Waals surface area contributed by atoms with Crippen molar-refractivity contribution in [1.82, 2.24) is 0 Å². The smallest absolute Gasteiger partial charge is 0.122 e. The molecule has 0 aromatic heterocycles. The van der Waals surface area contributed by atoms with Crippen molar-refractivity contribution in [3.05, 3.63) is 29.8 Å². The first-order chi connectivity index (χ1) is 8.72. The van der Waals surface area contributed by atoms with Crippen LogP contribution in [0.1, 0.15) is 45.1 Å². The van der Waals surface area contributed by atoms with Crippen LogP contribution in [-0.2, 0) is 6.42 Å². The summed E-state index contributed by atoms with van der Waals surface area (Å²) in [6.07, 6.45) is 6.18. The highest BCUT2D eigenvalue weighted by atomic mass is 79.9. The van der Waals surface area contributed by atoms with E-state index < -0.39 is 0 Å². The van der Waals surface area contributed by atoms with Crippen molar-refractivity contribution in [2.45, 2.75) is 50.8 Å². The van der Waals surface area contributed by atoms with Crippen LogP contribution in [0.25, 0.3) is 0 Å². The number of para-hydroxylation sites is 1. The summed E-state index contributed by atoms with van der Waals surface area (Å²) in [6.45, 7) is 4.54. The lowest BCUT2D eigenvalue weighted by Gasteiger charge is -2.22. The van der Waals surface area contributed by atoms with Gasteiger partial charge in [-0.2, -0.15) is 0 Å². The van der Waals surface area contributed by atoms with Gasteiger partial charge in [0.2, 0.25) is 0 Å². The molecule has 2 heteroatoms. The molecule has 1 rings (SSSR count). The Morgan fingerprint density at radius 2 is 1.72 bits per heavy atom. The molecular formula is C16H25BrO. The van der Waals surface area contributed by atoms with E-state index in [4.69, 9.17) is 4.74 Å². The lowest BCUT2D eigenvalue weighted by molar-refractivity contribution is 0.399. The van der Waals surface area contributed by atoms with Gasteiger partial charge >= 0.3 is 0 Å². The molecule has 0 bridgehead atoms. The molecule has 0 aliphatic heterocycles. The Bertz CT molecular complexity index is 332. The molecule has 1 aromatic rings. The molecule has 1 aromatic carbocycles. The Hall–Kier alpha value is -0.500. The number of ether oxygens (including phenoxy) is 1. The van der Waals surface area contributed by atoms with Crippen LogP contribution in [0.15, 0.2) is 24.3 Å². The van der Waals surface area contributed by atoms with E-state index in [-0.39, 0.29) is 0 Å². The molecule has 0 amide bonds. The summed E-state index contributed by atoms with van der Waals surface area (Å²) in [5, 5.41) is 0. The van der Waals surface area contributed by atoms with Gasteiger partial charge in [0.15, 0.2) is 0 Å². The van der Waals surface area contributed by atoms with E-state index in [2.05, 4.69) is 41.9 Å². The summed E-state index contributed by atoms with van der Waals surface area (Å²) in [5.74, 6) is 1.78. The molecule has 0 spiro atoms. The van der Waals surface area contributed by atoms with E-state index in [1.54, 1.807) is 7.11 Å². The topological polar surface area (TPSA) is 9.23 Å². The molecule has 0 fully saturated rings. The average Bonchev–Trinajstić information content (AvgIpc) is 2.39. The van der Waals surface area contributed by atoms with Crippen LogP contribution < -0.4 is 4.74 Å². The molecular weight excluding hydrogens is 288 g/mol. The maximum atomic E-state index is 5.43. The fourth-order valence-electron chi connectivity index (χ4n) is 2.50. The maximum absolute atomic E-state index is 5.43. The quantitative estimate of drug-likeness (QED) is 0.598. The highest BCUT2D eigenvalue weighted by Crippen LogP contribution is 2.29. The Kier molecular flexibility index (Phi) is 7.41. The second-order valence-electron chi connectivity index (χ2n) is 4.87. The molecule has 0 N–H and O–H groups in total. The number of hydrogen-bond acceptors (Lipinski definition) is 1. The third kappa shape index (κ3) is 4.64. The van der Waals surface area contributed by atoms with Crippen molar-refractivity contribution in [1.29, 1.82) is 0 Å². The van der Waals surface area contributed by atoms with Gasteiger partial charge < -0.3 is 4.74 Å². The van der Waals surface area contributed by atoms with Gasteiger partial charge in [-0.15, -0.1) is 0 Å². The zero-order chi connectivity index (χ0) is 13.4. The average molecular weight is 313 g/mol. The normalized spacial score (nSPS) is 12.7. The third-order valence-corrected chi connectivity index (χ3v) is 4.51. The van der Waals surface area contributed by atoms with Gasteiger partial charge in [-0.1, -0.05) is 60.8 Å². The largest absolute Gasteiger partial charge is 0.496 e. The first kappa shape index (κ1) is 15.6. The summed E-state index contributed by atoms with van der Waals surface area (Å²) in [7, 11) is 1.75. The molecule has 0 heterocycles. The first-order valence-corrected chi connectivity index (χ1v) is 7.90. The maximum Gasteiger partial charge on any atom is 0.122 e. The van der Waals surface area contributed by atoms with Crippen molar-refractivity contribution < 1.29 is 4.74 Å². The van der Waals surface area contributed by atoms with Crippen LogP contribution in [0, 0.1) is 5.92 Å². The lowest BCUT2D eigenvalue weighted by atomic mass is 9.91. The molecule has 0 saturated carbocycles. The van der Waals surface area contributed by atoms with Crippen molar-refractivity contribution in [3.8, 4) is 5.75 Å². The molecule has 0 radical (unpaired) electrons. The van der Waals surface area contributed by atoms with Gasteiger partial charge in [-0.3, -0.25) is 0 Å². The second kappa shape index (κ2) is 8.58. The van der Waals surface area contributed by atoms with Crippen LogP contribution in [0.2, 0.25) is 0 Å². The number of benzene rings is 1. The van der Waals surface area contributed by atoms with Crippen LogP contribution in [0.5, 0.6) is 5.75 Å². The number of halogens is 1. The zero-order valence-electron chi connectivity index (χ0n) is 11.8. The number of methoxy groups -OCH3 is 1. The Labute approximate surface area is 120 Å². The summed E-state index contributed by atoms with van der Waals surface area (Å²) < 4.78 is 5.43. The monoisotopic (exact) mass is 312 g/mol. The minimum atomic E-state index is 0.550. The van der Waals surface area contributed by atoms with E-state index in [1.807, 2.05) is 12.1 Å². The van der Waals surface area contributed by atoms with E-state index >= 15 is 0 Å². The van der Waals surface area contributed by atoms with E-state index in [1.165, 1.54) is 31.2 Å². The van der Waals surface area contributed by atoms with Gasteiger partial charge in [0, 0.05) is 4.83 Å². The minimum absolute atomic E-state index is 0.550. The van der Waals surface area contributed by atoms with Gasteiger partial charge in [0.25, 0.3) is 0 Å². The van der Waals surface area contributed by atoms with Crippen LogP contribution in [-0.4, -0.2) is 11.9 Å². The van der Waals surface area contributed by atoms with Crippen LogP contribution in [0.3, 0.4) is 0 Å². The van der Waals surface area contributed by atoms with Crippen molar-refractivity contribution in [2.24, 2.45) is 5.92 Å². The predicted molar refractivity (Wildman–Crippen MR) is 82.7 cm³/mol. The Morgan fingerprint density at radius 1 is 1.11 bits per heavy atom. The van der Waals surface area contributed by atoms with E-state index in [9.17, 15) is 0 Å². The molecule has 1 nitrogen and oxygen atoms in total. The lowest BCUT2D eigenvalue weighted by Crippen LogP contribution is -2.17. The third-order valence-electron chi connectivity index (χ3n) is 3.44. The number of rotatable bonds is 8. The summed E-state index contributed by atoms with van der Waals surface area (Å²) in [5.41, 5.74) is 1.30. The predicted octanol–water partition coefficient (Wildman–Crippen LogP) is 5.22. The van der Waals surface area contributed by atoms with Crippen molar-refractivity contribution in [3.63, 3.8) is 0 Å². The number of hydrogen-bond donors (Lipinski definition) is 0. The highest BCUT2D eigenvalue weighted by Gasteiger charge is 2.19. The standard InChI is InChI=1S/C16H25BrO/c1-4-8-13(9-5-2)15(17)12-14-10-6-7-11-16(14)18-3/h6-7,10-11,13,15H,4-5,8-9,12H2,1-3H3. The summed E-state index contributed by atoms with van der Waals surface area (Å²) in [4.78, 5) is 0.550. The van der Waals surface area contributed by atoms with E-state index in [0.717, 1.165) is 18.1 Å². The fourth-order valence-corrected chi connectivity index (χ4v) is 3.37. The second-order valence-corrected chi connectivity index (χ2v) is 6.05. The van der Waals surface area contributed by atoms with Gasteiger partial charge in [-0.05, 0) is 36.8 Å². The van der Waals surface area contributed by atoms with Gasteiger partial charge in [0.1, 0.15) is 5.75 Å². The zero-order valence-corrected chi connectivity index (χ0v) is 13.4. The van der Waals surface area contributed by atoms with Crippen LogP contribution in [0.4, 0.5) is 0 Å². The molecule has 1 unspecified atom stereocenters.